The third-order valence-corrected chi connectivity index (χ3v) is 18.2. The van der Waals surface area contributed by atoms with E-state index in [1.807, 2.05) is 0 Å². The molecule has 0 saturated carbocycles. The van der Waals surface area contributed by atoms with Gasteiger partial charge in [0, 0.05) is 25.7 Å². The van der Waals surface area contributed by atoms with Gasteiger partial charge in [0.15, 0.2) is 12.2 Å². The Morgan fingerprint density at radius 1 is 0.303 bits per heavy atom. The predicted molar refractivity (Wildman–Crippen MR) is 358 cm³/mol. The molecule has 0 aliphatic carbocycles. The highest BCUT2D eigenvalue weighted by Crippen LogP contribution is 2.45. The number of aliphatic hydroxyl groups excluding tert-OH is 1. The number of phosphoric ester groups is 2. The van der Waals surface area contributed by atoms with Crippen molar-refractivity contribution in [2.75, 3.05) is 39.6 Å². The molecule has 5 atom stereocenters. The van der Waals surface area contributed by atoms with Crippen molar-refractivity contribution in [1.29, 1.82) is 0 Å². The summed E-state index contributed by atoms with van der Waals surface area (Å²) in [6.45, 7) is 7.14. The lowest BCUT2D eigenvalue weighted by atomic mass is 10.0. The first-order chi connectivity index (χ1) is 43.0. The van der Waals surface area contributed by atoms with Crippen LogP contribution in [-0.2, 0) is 65.4 Å². The SMILES string of the molecule is CCCCCCCCCCCCCCCCCCC(=O)O[C@H](COC(=O)CCCCCCCCCCCCCCCCC)COP(=O)(O)OC[C@@H](O)COP(=O)(O)OC[C@@H](COC(=O)CCCCCCCCCCC)OC(=O)CCCCCCCCC(C)C. The molecule has 0 aliphatic heterocycles. The quantitative estimate of drug-likeness (QED) is 0.0222. The number of unbranched alkanes of at least 4 members (excludes halogenated alkanes) is 42. The van der Waals surface area contributed by atoms with Gasteiger partial charge in [-0.25, -0.2) is 9.13 Å². The van der Waals surface area contributed by atoms with E-state index >= 15 is 0 Å². The Balaban J connectivity index is 5.21. The Labute approximate surface area is 543 Å². The third kappa shape index (κ3) is 64.6. The minimum atomic E-state index is -4.95. The summed E-state index contributed by atoms with van der Waals surface area (Å²) in [4.78, 5) is 72.4. The maximum Gasteiger partial charge on any atom is 0.472 e. The molecule has 0 heterocycles. The first-order valence-electron chi connectivity index (χ1n) is 36.6. The summed E-state index contributed by atoms with van der Waals surface area (Å²) in [5.41, 5.74) is 0. The van der Waals surface area contributed by atoms with Gasteiger partial charge in [-0.05, 0) is 31.6 Å². The Kier molecular flexibility index (Phi) is 62.1. The number of carbonyl (C=O) groups is 4. The number of carbonyl (C=O) groups excluding carboxylic acids is 4. The Hall–Kier alpha value is -1.94. The van der Waals surface area contributed by atoms with Crippen LogP contribution in [0.15, 0.2) is 0 Å². The molecule has 528 valence electrons. The van der Waals surface area contributed by atoms with Crippen LogP contribution in [0.2, 0.25) is 0 Å². The van der Waals surface area contributed by atoms with Crippen LogP contribution >= 0.6 is 15.6 Å². The molecule has 89 heavy (non-hydrogen) atoms. The lowest BCUT2D eigenvalue weighted by Gasteiger charge is -2.21. The number of aliphatic hydroxyl groups is 1. The largest absolute Gasteiger partial charge is 0.472 e. The van der Waals surface area contributed by atoms with Gasteiger partial charge in [-0.2, -0.15) is 0 Å². The summed E-state index contributed by atoms with van der Waals surface area (Å²) in [6, 6.07) is 0. The van der Waals surface area contributed by atoms with Crippen molar-refractivity contribution in [3.63, 3.8) is 0 Å². The first kappa shape index (κ1) is 87.1. The van der Waals surface area contributed by atoms with Gasteiger partial charge in [-0.3, -0.25) is 37.3 Å². The molecule has 0 saturated heterocycles. The molecule has 0 spiro atoms. The normalized spacial score (nSPS) is 14.1. The first-order valence-corrected chi connectivity index (χ1v) is 39.6. The second kappa shape index (κ2) is 63.5. The Morgan fingerprint density at radius 3 is 0.764 bits per heavy atom. The van der Waals surface area contributed by atoms with Crippen LogP contribution < -0.4 is 0 Å². The number of hydrogen-bond donors (Lipinski definition) is 3. The fourth-order valence-electron chi connectivity index (χ4n) is 10.6. The number of ether oxygens (including phenoxy) is 4. The monoisotopic (exact) mass is 1310 g/mol. The van der Waals surface area contributed by atoms with Gasteiger partial charge in [0.2, 0.25) is 0 Å². The second-order valence-electron chi connectivity index (χ2n) is 25.7. The summed E-state index contributed by atoms with van der Waals surface area (Å²) in [5.74, 6) is -1.46. The number of phosphoric acid groups is 2. The highest BCUT2D eigenvalue weighted by atomic mass is 31.2. The van der Waals surface area contributed by atoms with E-state index < -0.39 is 97.5 Å². The number of hydrogen-bond acceptors (Lipinski definition) is 15. The molecule has 2 unspecified atom stereocenters. The van der Waals surface area contributed by atoms with Gasteiger partial charge < -0.3 is 33.8 Å². The minimum Gasteiger partial charge on any atom is -0.462 e. The smallest absolute Gasteiger partial charge is 0.462 e. The standard InChI is InChI=1S/C70H136O17P2/c1-6-9-12-15-18-21-23-25-27-29-31-33-36-39-45-50-55-69(74)86-65(59-81-68(73)54-49-44-38-35-32-30-28-26-24-22-19-16-13-10-7-2)61-84-88(76,77)82-57-64(71)58-83-89(78,79)85-62-66(87-70(75)56-51-46-41-40-42-47-52-63(4)5)60-80-67(72)53-48-43-37-34-20-17-14-11-8-3/h63-66,71H,6-62H2,1-5H3,(H,76,77)(H,78,79)/t64-,65-,66-/m1/s1. The van der Waals surface area contributed by atoms with E-state index in [0.717, 1.165) is 89.9 Å². The van der Waals surface area contributed by atoms with Crippen molar-refractivity contribution in [1.82, 2.24) is 0 Å². The maximum absolute atomic E-state index is 13.0. The van der Waals surface area contributed by atoms with Crippen LogP contribution in [0.5, 0.6) is 0 Å². The summed E-state index contributed by atoms with van der Waals surface area (Å²) in [6.07, 6.45) is 50.1. The van der Waals surface area contributed by atoms with Gasteiger partial charge in [0.1, 0.15) is 19.3 Å². The van der Waals surface area contributed by atoms with Crippen molar-refractivity contribution >= 4 is 39.5 Å². The molecule has 0 fully saturated rings. The predicted octanol–water partition coefficient (Wildman–Crippen LogP) is 20.1. The lowest BCUT2D eigenvalue weighted by molar-refractivity contribution is -0.161. The van der Waals surface area contributed by atoms with Gasteiger partial charge in [-0.1, -0.05) is 311 Å². The summed E-state index contributed by atoms with van der Waals surface area (Å²) in [5, 5.41) is 10.6. The molecule has 0 aromatic rings. The highest BCUT2D eigenvalue weighted by Gasteiger charge is 2.30. The second-order valence-corrected chi connectivity index (χ2v) is 28.7. The molecule has 3 N–H and O–H groups in total. The van der Waals surface area contributed by atoms with Crippen LogP contribution in [-0.4, -0.2) is 96.7 Å². The molecule has 0 bridgehead atoms. The Morgan fingerprint density at radius 2 is 0.517 bits per heavy atom. The van der Waals surface area contributed by atoms with Crippen LogP contribution in [0, 0.1) is 5.92 Å². The van der Waals surface area contributed by atoms with E-state index in [1.54, 1.807) is 0 Å². The van der Waals surface area contributed by atoms with Crippen LogP contribution in [0.25, 0.3) is 0 Å². The van der Waals surface area contributed by atoms with Crippen molar-refractivity contribution < 1.29 is 80.2 Å². The summed E-state index contributed by atoms with van der Waals surface area (Å²) in [7, 11) is -9.89. The molecular formula is C70H136O17P2. The van der Waals surface area contributed by atoms with E-state index in [9.17, 15) is 43.2 Å². The molecule has 17 nitrogen and oxygen atoms in total. The average molecular weight is 1310 g/mol. The third-order valence-electron chi connectivity index (χ3n) is 16.3. The molecule has 0 rings (SSSR count). The molecule has 19 heteroatoms. The van der Waals surface area contributed by atoms with E-state index in [1.165, 1.54) is 186 Å². The van der Waals surface area contributed by atoms with Gasteiger partial charge >= 0.3 is 39.5 Å². The van der Waals surface area contributed by atoms with Crippen molar-refractivity contribution in [3.8, 4) is 0 Å². The molecule has 0 aliphatic rings. The van der Waals surface area contributed by atoms with Gasteiger partial charge in [0.05, 0.1) is 26.4 Å². The van der Waals surface area contributed by atoms with E-state index in [0.29, 0.717) is 31.6 Å². The Bertz CT molecular complexity index is 1720. The zero-order chi connectivity index (χ0) is 65.6. The summed E-state index contributed by atoms with van der Waals surface area (Å²) >= 11 is 0. The van der Waals surface area contributed by atoms with Crippen LogP contribution in [0.1, 0.15) is 362 Å². The van der Waals surface area contributed by atoms with Crippen molar-refractivity contribution in [2.24, 2.45) is 5.92 Å². The molecule has 0 aromatic heterocycles. The topological polar surface area (TPSA) is 237 Å². The average Bonchev–Trinajstić information content (AvgIpc) is 3.68. The maximum atomic E-state index is 13.0. The fourth-order valence-corrected chi connectivity index (χ4v) is 12.2. The van der Waals surface area contributed by atoms with E-state index in [-0.39, 0.29) is 25.7 Å². The van der Waals surface area contributed by atoms with Crippen LogP contribution in [0.3, 0.4) is 0 Å². The van der Waals surface area contributed by atoms with Gasteiger partial charge in [-0.15, -0.1) is 0 Å². The lowest BCUT2D eigenvalue weighted by Crippen LogP contribution is -2.30. The molecule has 0 amide bonds. The zero-order valence-corrected chi connectivity index (χ0v) is 59.4. The molecule has 0 aromatic carbocycles. The van der Waals surface area contributed by atoms with Crippen molar-refractivity contribution in [2.45, 2.75) is 380 Å². The van der Waals surface area contributed by atoms with E-state index in [2.05, 4.69) is 34.6 Å². The zero-order valence-electron chi connectivity index (χ0n) is 57.6. The summed E-state index contributed by atoms with van der Waals surface area (Å²) < 4.78 is 68.2. The molecular weight excluding hydrogens is 1170 g/mol. The van der Waals surface area contributed by atoms with E-state index in [4.69, 9.17) is 37.0 Å². The minimum absolute atomic E-state index is 0.102. The van der Waals surface area contributed by atoms with Gasteiger partial charge in [0.25, 0.3) is 0 Å². The van der Waals surface area contributed by atoms with Crippen molar-refractivity contribution in [3.05, 3.63) is 0 Å². The fraction of sp³-hybridized carbons (Fsp3) is 0.943. The number of rotatable bonds is 70. The highest BCUT2D eigenvalue weighted by molar-refractivity contribution is 7.47. The van der Waals surface area contributed by atoms with Crippen LogP contribution in [0.4, 0.5) is 0 Å². The number of esters is 4. The molecule has 0 radical (unpaired) electrons.